The van der Waals surface area contributed by atoms with Crippen LogP contribution in [-0.4, -0.2) is 12.6 Å². The summed E-state index contributed by atoms with van der Waals surface area (Å²) >= 11 is 0. The first-order valence-electron chi connectivity index (χ1n) is 4.76. The molecule has 0 bridgehead atoms. The van der Waals surface area contributed by atoms with E-state index in [0.717, 1.165) is 6.42 Å². The van der Waals surface area contributed by atoms with Gasteiger partial charge in [-0.15, -0.1) is 0 Å². The molecule has 0 rings (SSSR count). The van der Waals surface area contributed by atoms with Crippen molar-refractivity contribution in [1.82, 2.24) is 0 Å². The maximum absolute atomic E-state index is 11.0. The van der Waals surface area contributed by atoms with E-state index in [1.54, 1.807) is 6.92 Å². The molecule has 0 amide bonds. The second kappa shape index (κ2) is 5.79. The van der Waals surface area contributed by atoms with Gasteiger partial charge in [-0.25, -0.2) is 4.79 Å². The number of carbonyl (C=O) groups is 1. The maximum atomic E-state index is 11.0. The predicted octanol–water partition coefficient (Wildman–Crippen LogP) is 2.79. The Morgan fingerprint density at radius 3 is 2.31 bits per heavy atom. The number of hydrogen-bond donors (Lipinski definition) is 0. The normalized spacial score (nSPS) is 12.7. The SMILES string of the molecule is C=C(C)C(=O)OCC(C)CC(C)C. The molecule has 76 valence electrons. The third-order valence-corrected chi connectivity index (χ3v) is 1.72. The first-order chi connectivity index (χ1) is 5.93. The van der Waals surface area contributed by atoms with E-state index in [1.165, 1.54) is 0 Å². The number of hydrogen-bond acceptors (Lipinski definition) is 2. The molecule has 13 heavy (non-hydrogen) atoms. The zero-order chi connectivity index (χ0) is 10.4. The van der Waals surface area contributed by atoms with Crippen LogP contribution in [0, 0.1) is 11.8 Å². The van der Waals surface area contributed by atoms with Crippen molar-refractivity contribution in [2.45, 2.75) is 34.1 Å². The summed E-state index contributed by atoms with van der Waals surface area (Å²) in [4.78, 5) is 11.0. The summed E-state index contributed by atoms with van der Waals surface area (Å²) in [6.45, 7) is 12.1. The molecule has 0 aliphatic heterocycles. The van der Waals surface area contributed by atoms with Crippen molar-refractivity contribution in [1.29, 1.82) is 0 Å². The Bertz CT molecular complexity index is 183. The van der Waals surface area contributed by atoms with Gasteiger partial charge in [-0.2, -0.15) is 0 Å². The standard InChI is InChI=1S/C11H20O2/c1-8(2)6-10(5)7-13-11(12)9(3)4/h8,10H,3,6-7H2,1-2,4-5H3. The third kappa shape index (κ3) is 6.38. The van der Waals surface area contributed by atoms with Crippen LogP contribution in [0.3, 0.4) is 0 Å². The van der Waals surface area contributed by atoms with Gasteiger partial charge in [-0.3, -0.25) is 0 Å². The maximum Gasteiger partial charge on any atom is 0.333 e. The van der Waals surface area contributed by atoms with E-state index in [4.69, 9.17) is 4.74 Å². The van der Waals surface area contributed by atoms with Crippen molar-refractivity contribution < 1.29 is 9.53 Å². The molecule has 0 aromatic carbocycles. The lowest BCUT2D eigenvalue weighted by atomic mass is 10.00. The molecule has 0 radical (unpaired) electrons. The van der Waals surface area contributed by atoms with Crippen LogP contribution in [0.15, 0.2) is 12.2 Å². The van der Waals surface area contributed by atoms with Crippen molar-refractivity contribution in [3.05, 3.63) is 12.2 Å². The highest BCUT2D eigenvalue weighted by Gasteiger charge is 2.08. The zero-order valence-corrected chi connectivity index (χ0v) is 9.09. The van der Waals surface area contributed by atoms with E-state index in [1.807, 2.05) is 0 Å². The fourth-order valence-electron chi connectivity index (χ4n) is 1.21. The van der Waals surface area contributed by atoms with Crippen LogP contribution in [0.4, 0.5) is 0 Å². The van der Waals surface area contributed by atoms with Crippen LogP contribution in [0.5, 0.6) is 0 Å². The largest absolute Gasteiger partial charge is 0.462 e. The van der Waals surface area contributed by atoms with E-state index >= 15 is 0 Å². The minimum absolute atomic E-state index is 0.282. The van der Waals surface area contributed by atoms with Crippen LogP contribution in [0.2, 0.25) is 0 Å². The third-order valence-electron chi connectivity index (χ3n) is 1.72. The summed E-state index contributed by atoms with van der Waals surface area (Å²) in [7, 11) is 0. The molecule has 1 atom stereocenters. The number of ether oxygens (including phenoxy) is 1. The lowest BCUT2D eigenvalue weighted by Crippen LogP contribution is -2.13. The fraction of sp³-hybridized carbons (Fsp3) is 0.727. The Morgan fingerprint density at radius 1 is 1.38 bits per heavy atom. The first-order valence-corrected chi connectivity index (χ1v) is 4.76. The molecule has 0 spiro atoms. The number of esters is 1. The van der Waals surface area contributed by atoms with Crippen molar-refractivity contribution in [2.75, 3.05) is 6.61 Å². The van der Waals surface area contributed by atoms with E-state index in [9.17, 15) is 4.79 Å². The van der Waals surface area contributed by atoms with Crippen LogP contribution in [-0.2, 0) is 9.53 Å². The van der Waals surface area contributed by atoms with Gasteiger partial charge in [0.1, 0.15) is 0 Å². The molecule has 0 aromatic rings. The van der Waals surface area contributed by atoms with Gasteiger partial charge in [0, 0.05) is 5.57 Å². The Morgan fingerprint density at radius 2 is 1.92 bits per heavy atom. The van der Waals surface area contributed by atoms with Gasteiger partial charge in [0.2, 0.25) is 0 Å². The van der Waals surface area contributed by atoms with Crippen molar-refractivity contribution >= 4 is 5.97 Å². The molecule has 1 unspecified atom stereocenters. The lowest BCUT2D eigenvalue weighted by molar-refractivity contribution is -0.140. The molecule has 0 aliphatic rings. The van der Waals surface area contributed by atoms with Crippen LogP contribution in [0.25, 0.3) is 0 Å². The van der Waals surface area contributed by atoms with Crippen LogP contribution in [0.1, 0.15) is 34.1 Å². The summed E-state index contributed by atoms with van der Waals surface area (Å²) in [5.74, 6) is 0.803. The molecule has 0 heterocycles. The Kier molecular flexibility index (Phi) is 5.44. The smallest absolute Gasteiger partial charge is 0.333 e. The molecular formula is C11H20O2. The minimum atomic E-state index is -0.282. The minimum Gasteiger partial charge on any atom is -0.462 e. The average Bonchev–Trinajstić information content (AvgIpc) is 1.98. The van der Waals surface area contributed by atoms with Crippen LogP contribution < -0.4 is 0 Å². The molecule has 0 aromatic heterocycles. The number of carbonyl (C=O) groups excluding carboxylic acids is 1. The summed E-state index contributed by atoms with van der Waals surface area (Å²) < 4.78 is 5.03. The van der Waals surface area contributed by atoms with E-state index in [0.29, 0.717) is 24.0 Å². The highest BCUT2D eigenvalue weighted by atomic mass is 16.5. The quantitative estimate of drug-likeness (QED) is 0.485. The highest BCUT2D eigenvalue weighted by Crippen LogP contribution is 2.11. The van der Waals surface area contributed by atoms with E-state index in [2.05, 4.69) is 27.4 Å². The van der Waals surface area contributed by atoms with Gasteiger partial charge in [0.05, 0.1) is 6.61 Å². The first kappa shape index (κ1) is 12.2. The van der Waals surface area contributed by atoms with Gasteiger partial charge in [-0.1, -0.05) is 27.4 Å². The predicted molar refractivity (Wildman–Crippen MR) is 54.4 cm³/mol. The monoisotopic (exact) mass is 184 g/mol. The lowest BCUT2D eigenvalue weighted by Gasteiger charge is -2.13. The Labute approximate surface area is 81.0 Å². The van der Waals surface area contributed by atoms with Crippen molar-refractivity contribution in [3.63, 3.8) is 0 Å². The van der Waals surface area contributed by atoms with Gasteiger partial charge < -0.3 is 4.74 Å². The summed E-state index contributed by atoms with van der Waals surface area (Å²) in [5, 5.41) is 0. The average molecular weight is 184 g/mol. The molecule has 0 aliphatic carbocycles. The highest BCUT2D eigenvalue weighted by molar-refractivity contribution is 5.86. The van der Waals surface area contributed by atoms with Crippen molar-refractivity contribution in [2.24, 2.45) is 11.8 Å². The fourth-order valence-corrected chi connectivity index (χ4v) is 1.21. The zero-order valence-electron chi connectivity index (χ0n) is 9.09. The van der Waals surface area contributed by atoms with E-state index in [-0.39, 0.29) is 5.97 Å². The molecular weight excluding hydrogens is 164 g/mol. The van der Waals surface area contributed by atoms with Crippen molar-refractivity contribution in [3.8, 4) is 0 Å². The Balaban J connectivity index is 3.64. The van der Waals surface area contributed by atoms with Gasteiger partial charge in [-0.05, 0) is 25.2 Å². The van der Waals surface area contributed by atoms with E-state index < -0.39 is 0 Å². The topological polar surface area (TPSA) is 26.3 Å². The molecule has 0 saturated carbocycles. The van der Waals surface area contributed by atoms with Crippen LogP contribution >= 0.6 is 0 Å². The Hall–Kier alpha value is -0.790. The molecule has 0 saturated heterocycles. The van der Waals surface area contributed by atoms with Gasteiger partial charge in [0.25, 0.3) is 0 Å². The van der Waals surface area contributed by atoms with Gasteiger partial charge in [0.15, 0.2) is 0 Å². The molecule has 2 nitrogen and oxygen atoms in total. The second-order valence-electron chi connectivity index (χ2n) is 4.11. The summed E-state index contributed by atoms with van der Waals surface area (Å²) in [5.41, 5.74) is 0.469. The van der Waals surface area contributed by atoms with Gasteiger partial charge >= 0.3 is 5.97 Å². The second-order valence-corrected chi connectivity index (χ2v) is 4.11. The molecule has 2 heteroatoms. The molecule has 0 fully saturated rings. The summed E-state index contributed by atoms with van der Waals surface area (Å²) in [6.07, 6.45) is 1.09. The molecule has 0 N–H and O–H groups in total. The summed E-state index contributed by atoms with van der Waals surface area (Å²) in [6, 6.07) is 0. The number of rotatable bonds is 5.